The highest BCUT2D eigenvalue weighted by atomic mass is 35.5. The maximum Gasteiger partial charge on any atom is 0.234 e. The normalized spacial score (nSPS) is 11.9. The number of carbonyl (C=O) groups excluding carboxylic acids is 1. The molecule has 0 radical (unpaired) electrons. The molecule has 0 aliphatic heterocycles. The standard InChI is InChI=1S/C15H15ClN2O2/c1-10-5-6-17-8-14(10)18-15(20)13(9-19)11-3-2-4-12(16)7-11/h2-8,13,19H,9H2,1H3,(H,18,20)/t13-/m1/s1. The van der Waals surface area contributed by atoms with Crippen LogP contribution < -0.4 is 5.32 Å². The van der Waals surface area contributed by atoms with Crippen LogP contribution in [0.15, 0.2) is 42.7 Å². The molecule has 2 aromatic rings. The molecular formula is C15H15ClN2O2. The quantitative estimate of drug-likeness (QED) is 0.910. The van der Waals surface area contributed by atoms with Crippen molar-refractivity contribution in [3.63, 3.8) is 0 Å². The molecular weight excluding hydrogens is 276 g/mol. The van der Waals surface area contributed by atoms with Gasteiger partial charge in [-0.05, 0) is 36.2 Å². The van der Waals surface area contributed by atoms with Gasteiger partial charge in [0.05, 0.1) is 24.4 Å². The van der Waals surface area contributed by atoms with Crippen LogP contribution in [0, 0.1) is 6.92 Å². The van der Waals surface area contributed by atoms with Gasteiger partial charge in [0.1, 0.15) is 0 Å². The third kappa shape index (κ3) is 3.35. The molecule has 0 spiro atoms. The van der Waals surface area contributed by atoms with E-state index in [4.69, 9.17) is 11.6 Å². The maximum atomic E-state index is 12.3. The smallest absolute Gasteiger partial charge is 0.234 e. The first-order chi connectivity index (χ1) is 9.61. The van der Waals surface area contributed by atoms with Crippen LogP contribution >= 0.6 is 11.6 Å². The van der Waals surface area contributed by atoms with Crippen molar-refractivity contribution in [2.45, 2.75) is 12.8 Å². The summed E-state index contributed by atoms with van der Waals surface area (Å²) < 4.78 is 0. The Morgan fingerprint density at radius 1 is 1.45 bits per heavy atom. The van der Waals surface area contributed by atoms with Gasteiger partial charge in [-0.15, -0.1) is 0 Å². The third-order valence-electron chi connectivity index (χ3n) is 3.05. The molecule has 0 aliphatic carbocycles. The van der Waals surface area contributed by atoms with Crippen LogP contribution in [0.25, 0.3) is 0 Å². The second-order valence-electron chi connectivity index (χ2n) is 4.47. The predicted molar refractivity (Wildman–Crippen MR) is 78.9 cm³/mol. The van der Waals surface area contributed by atoms with E-state index in [1.807, 2.05) is 13.0 Å². The fraction of sp³-hybridized carbons (Fsp3) is 0.200. The highest BCUT2D eigenvalue weighted by molar-refractivity contribution is 6.30. The van der Waals surface area contributed by atoms with E-state index < -0.39 is 5.92 Å². The number of hydrogen-bond acceptors (Lipinski definition) is 3. The zero-order chi connectivity index (χ0) is 14.5. The molecule has 0 bridgehead atoms. The van der Waals surface area contributed by atoms with Gasteiger partial charge in [0, 0.05) is 11.2 Å². The minimum absolute atomic E-state index is 0.286. The number of rotatable bonds is 4. The van der Waals surface area contributed by atoms with Gasteiger partial charge >= 0.3 is 0 Å². The summed E-state index contributed by atoms with van der Waals surface area (Å²) in [5.41, 5.74) is 2.23. The Hall–Kier alpha value is -1.91. The van der Waals surface area contributed by atoms with Crippen molar-refractivity contribution in [1.29, 1.82) is 0 Å². The first-order valence-electron chi connectivity index (χ1n) is 6.19. The Labute approximate surface area is 122 Å². The van der Waals surface area contributed by atoms with Gasteiger partial charge in [0.15, 0.2) is 0 Å². The van der Waals surface area contributed by atoms with Crippen molar-refractivity contribution < 1.29 is 9.90 Å². The molecule has 1 atom stereocenters. The number of anilines is 1. The lowest BCUT2D eigenvalue weighted by atomic mass is 9.99. The zero-order valence-corrected chi connectivity index (χ0v) is 11.8. The Kier molecular flexibility index (Phi) is 4.71. The zero-order valence-electron chi connectivity index (χ0n) is 11.0. The summed E-state index contributed by atoms with van der Waals surface area (Å²) in [5, 5.41) is 12.8. The molecule has 0 aliphatic rings. The topological polar surface area (TPSA) is 62.2 Å². The molecule has 0 saturated heterocycles. The molecule has 1 heterocycles. The summed E-state index contributed by atoms with van der Waals surface area (Å²) in [7, 11) is 0. The third-order valence-corrected chi connectivity index (χ3v) is 3.28. The molecule has 1 aromatic carbocycles. The van der Waals surface area contributed by atoms with Crippen LogP contribution in [0.3, 0.4) is 0 Å². The molecule has 2 rings (SSSR count). The number of hydrogen-bond donors (Lipinski definition) is 2. The fourth-order valence-electron chi connectivity index (χ4n) is 1.88. The van der Waals surface area contributed by atoms with E-state index in [1.54, 1.807) is 36.7 Å². The number of benzene rings is 1. The van der Waals surface area contributed by atoms with Crippen molar-refractivity contribution in [3.05, 3.63) is 58.9 Å². The molecule has 0 unspecified atom stereocenters. The van der Waals surface area contributed by atoms with E-state index >= 15 is 0 Å². The van der Waals surface area contributed by atoms with Gasteiger partial charge in [-0.3, -0.25) is 9.78 Å². The Morgan fingerprint density at radius 2 is 2.25 bits per heavy atom. The summed E-state index contributed by atoms with van der Waals surface area (Å²) in [4.78, 5) is 16.2. The molecule has 4 nitrogen and oxygen atoms in total. The van der Waals surface area contributed by atoms with Crippen molar-refractivity contribution >= 4 is 23.2 Å². The molecule has 5 heteroatoms. The van der Waals surface area contributed by atoms with E-state index in [9.17, 15) is 9.90 Å². The van der Waals surface area contributed by atoms with Crippen molar-refractivity contribution in [2.24, 2.45) is 0 Å². The largest absolute Gasteiger partial charge is 0.395 e. The number of pyridine rings is 1. The van der Waals surface area contributed by atoms with E-state index in [0.717, 1.165) is 5.56 Å². The second kappa shape index (κ2) is 6.50. The number of aryl methyl sites for hydroxylation is 1. The SMILES string of the molecule is Cc1ccncc1NC(=O)[C@H](CO)c1cccc(Cl)c1. The van der Waals surface area contributed by atoms with E-state index in [-0.39, 0.29) is 12.5 Å². The second-order valence-corrected chi connectivity index (χ2v) is 4.91. The van der Waals surface area contributed by atoms with Crippen molar-refractivity contribution in [1.82, 2.24) is 4.98 Å². The van der Waals surface area contributed by atoms with E-state index in [2.05, 4.69) is 10.3 Å². The Balaban J connectivity index is 2.20. The lowest BCUT2D eigenvalue weighted by Gasteiger charge is -2.16. The number of nitrogens with one attached hydrogen (secondary N) is 1. The highest BCUT2D eigenvalue weighted by Gasteiger charge is 2.20. The average Bonchev–Trinajstić information content (AvgIpc) is 2.42. The minimum Gasteiger partial charge on any atom is -0.395 e. The van der Waals surface area contributed by atoms with Crippen LogP contribution in [0.5, 0.6) is 0 Å². The van der Waals surface area contributed by atoms with Crippen LogP contribution in [0.2, 0.25) is 5.02 Å². The molecule has 20 heavy (non-hydrogen) atoms. The fourth-order valence-corrected chi connectivity index (χ4v) is 2.08. The molecule has 2 N–H and O–H groups in total. The van der Waals surface area contributed by atoms with Crippen LogP contribution in [-0.4, -0.2) is 22.6 Å². The summed E-state index contributed by atoms with van der Waals surface area (Å²) in [6.45, 7) is 1.59. The maximum absolute atomic E-state index is 12.3. The summed E-state index contributed by atoms with van der Waals surface area (Å²) in [5.74, 6) is -0.945. The van der Waals surface area contributed by atoms with Crippen molar-refractivity contribution in [2.75, 3.05) is 11.9 Å². The summed E-state index contributed by atoms with van der Waals surface area (Å²) in [6, 6.07) is 8.73. The van der Waals surface area contributed by atoms with Crippen LogP contribution in [0.4, 0.5) is 5.69 Å². The predicted octanol–water partition coefficient (Wildman–Crippen LogP) is 2.76. The summed E-state index contributed by atoms with van der Waals surface area (Å²) in [6.07, 6.45) is 3.24. The number of carbonyl (C=O) groups is 1. The lowest BCUT2D eigenvalue weighted by Crippen LogP contribution is -2.24. The Morgan fingerprint density at radius 3 is 2.90 bits per heavy atom. The molecule has 0 saturated carbocycles. The first kappa shape index (κ1) is 14.5. The number of aromatic nitrogens is 1. The monoisotopic (exact) mass is 290 g/mol. The van der Waals surface area contributed by atoms with E-state index in [0.29, 0.717) is 16.3 Å². The molecule has 1 aromatic heterocycles. The van der Waals surface area contributed by atoms with Crippen LogP contribution in [-0.2, 0) is 4.79 Å². The number of aliphatic hydroxyl groups is 1. The number of halogens is 1. The van der Waals surface area contributed by atoms with Gasteiger partial charge in [-0.1, -0.05) is 23.7 Å². The highest BCUT2D eigenvalue weighted by Crippen LogP contribution is 2.22. The molecule has 104 valence electrons. The number of aliphatic hydroxyl groups excluding tert-OH is 1. The van der Waals surface area contributed by atoms with Gasteiger partial charge in [-0.25, -0.2) is 0 Å². The van der Waals surface area contributed by atoms with Gasteiger partial charge < -0.3 is 10.4 Å². The molecule has 1 amide bonds. The van der Waals surface area contributed by atoms with Crippen molar-refractivity contribution in [3.8, 4) is 0 Å². The minimum atomic E-state index is -0.659. The summed E-state index contributed by atoms with van der Waals surface area (Å²) >= 11 is 5.91. The van der Waals surface area contributed by atoms with Gasteiger partial charge in [-0.2, -0.15) is 0 Å². The van der Waals surface area contributed by atoms with Gasteiger partial charge in [0.2, 0.25) is 5.91 Å². The molecule has 0 fully saturated rings. The van der Waals surface area contributed by atoms with E-state index in [1.165, 1.54) is 0 Å². The number of nitrogens with zero attached hydrogens (tertiary/aromatic N) is 1. The first-order valence-corrected chi connectivity index (χ1v) is 6.57. The van der Waals surface area contributed by atoms with Gasteiger partial charge in [0.25, 0.3) is 0 Å². The lowest BCUT2D eigenvalue weighted by molar-refractivity contribution is -0.118. The number of amides is 1. The average molecular weight is 291 g/mol. The van der Waals surface area contributed by atoms with Crippen LogP contribution in [0.1, 0.15) is 17.0 Å². The Bertz CT molecular complexity index is 616.